The van der Waals surface area contributed by atoms with Crippen LogP contribution in [0.1, 0.15) is 41.9 Å². The number of nitrogens with zero attached hydrogens (tertiary/aromatic N) is 1. The second-order valence-electron chi connectivity index (χ2n) is 6.04. The minimum Gasteiger partial charge on any atom is -0.459 e. The molecule has 3 rings (SSSR count). The fourth-order valence-electron chi connectivity index (χ4n) is 3.00. The van der Waals surface area contributed by atoms with Crippen LogP contribution in [0.25, 0.3) is 0 Å². The van der Waals surface area contributed by atoms with E-state index in [-0.39, 0.29) is 23.6 Å². The van der Waals surface area contributed by atoms with Crippen LogP contribution in [-0.2, 0) is 4.79 Å². The van der Waals surface area contributed by atoms with Gasteiger partial charge in [-0.15, -0.1) is 0 Å². The van der Waals surface area contributed by atoms with Crippen LogP contribution >= 0.6 is 23.2 Å². The lowest BCUT2D eigenvalue weighted by molar-refractivity contribution is -0.125. The summed E-state index contributed by atoms with van der Waals surface area (Å²) in [7, 11) is 0. The van der Waals surface area contributed by atoms with Gasteiger partial charge in [-0.3, -0.25) is 9.59 Å². The summed E-state index contributed by atoms with van der Waals surface area (Å²) in [6.07, 6.45) is 2.86. The molecular formula is C18H18Cl2N2O3. The summed E-state index contributed by atoms with van der Waals surface area (Å²) in [5.41, 5.74) is 0.852. The van der Waals surface area contributed by atoms with E-state index in [1.807, 2.05) is 13.0 Å². The molecule has 0 spiro atoms. The molecule has 7 heteroatoms. The van der Waals surface area contributed by atoms with Crippen molar-refractivity contribution in [3.05, 3.63) is 58.0 Å². The Morgan fingerprint density at radius 1 is 1.28 bits per heavy atom. The van der Waals surface area contributed by atoms with Gasteiger partial charge in [-0.1, -0.05) is 29.3 Å². The lowest BCUT2D eigenvalue weighted by Crippen LogP contribution is -2.46. The summed E-state index contributed by atoms with van der Waals surface area (Å²) in [5.74, 6) is -0.196. The Morgan fingerprint density at radius 2 is 2.08 bits per heavy atom. The Bertz CT molecular complexity index is 777. The molecule has 0 radical (unpaired) electrons. The number of carbonyl (C=O) groups excluding carboxylic acids is 2. The fourth-order valence-corrected chi connectivity index (χ4v) is 3.31. The highest BCUT2D eigenvalue weighted by atomic mass is 35.5. The summed E-state index contributed by atoms with van der Waals surface area (Å²) in [6, 6.07) is 7.77. The van der Waals surface area contributed by atoms with Gasteiger partial charge in [-0.05, 0) is 49.6 Å². The highest BCUT2D eigenvalue weighted by Crippen LogP contribution is 2.26. The van der Waals surface area contributed by atoms with Gasteiger partial charge in [-0.25, -0.2) is 0 Å². The van der Waals surface area contributed by atoms with Gasteiger partial charge in [0.2, 0.25) is 5.91 Å². The number of rotatable bonds is 4. The molecule has 2 aromatic rings. The predicted octanol–water partition coefficient (Wildman–Crippen LogP) is 4.07. The summed E-state index contributed by atoms with van der Waals surface area (Å²) in [5, 5.41) is 3.86. The van der Waals surface area contributed by atoms with E-state index >= 15 is 0 Å². The van der Waals surface area contributed by atoms with Gasteiger partial charge < -0.3 is 14.6 Å². The zero-order chi connectivity index (χ0) is 18.0. The molecule has 0 bridgehead atoms. The van der Waals surface area contributed by atoms with Crippen molar-refractivity contribution >= 4 is 35.0 Å². The van der Waals surface area contributed by atoms with E-state index in [0.717, 1.165) is 12.0 Å². The Morgan fingerprint density at radius 3 is 2.76 bits per heavy atom. The van der Waals surface area contributed by atoms with Gasteiger partial charge in [0, 0.05) is 6.54 Å². The summed E-state index contributed by atoms with van der Waals surface area (Å²) < 4.78 is 5.16. The summed E-state index contributed by atoms with van der Waals surface area (Å²) in [4.78, 5) is 26.7. The monoisotopic (exact) mass is 380 g/mol. The van der Waals surface area contributed by atoms with Crippen LogP contribution in [-0.4, -0.2) is 29.3 Å². The SMILES string of the molecule is CC(NC(=O)C1CCCN1C(=O)c1ccco1)c1ccc(Cl)c(Cl)c1. The maximum absolute atomic E-state index is 12.7. The number of likely N-dealkylation sites (tertiary alicyclic amines) is 1. The van der Waals surface area contributed by atoms with Crippen LogP contribution in [0.3, 0.4) is 0 Å². The van der Waals surface area contributed by atoms with Crippen molar-refractivity contribution in [3.63, 3.8) is 0 Å². The topological polar surface area (TPSA) is 62.6 Å². The molecule has 1 fully saturated rings. The number of carbonyl (C=O) groups is 2. The quantitative estimate of drug-likeness (QED) is 0.869. The van der Waals surface area contributed by atoms with Crippen LogP contribution < -0.4 is 5.32 Å². The van der Waals surface area contributed by atoms with Gasteiger partial charge in [0.1, 0.15) is 6.04 Å². The lowest BCUT2D eigenvalue weighted by atomic mass is 10.1. The number of amides is 2. The molecule has 1 N–H and O–H groups in total. The third-order valence-corrected chi connectivity index (χ3v) is 5.09. The molecule has 2 atom stereocenters. The van der Waals surface area contributed by atoms with Crippen LogP contribution in [0.15, 0.2) is 41.0 Å². The van der Waals surface area contributed by atoms with E-state index in [1.165, 1.54) is 6.26 Å². The van der Waals surface area contributed by atoms with Crippen LogP contribution in [0.4, 0.5) is 0 Å². The first-order valence-corrected chi connectivity index (χ1v) is 8.83. The van der Waals surface area contributed by atoms with E-state index in [9.17, 15) is 9.59 Å². The highest BCUT2D eigenvalue weighted by Gasteiger charge is 2.36. The van der Waals surface area contributed by atoms with Gasteiger partial charge in [-0.2, -0.15) is 0 Å². The molecule has 2 unspecified atom stereocenters. The van der Waals surface area contributed by atoms with Crippen molar-refractivity contribution < 1.29 is 14.0 Å². The average Bonchev–Trinajstić information content (AvgIpc) is 3.28. The standard InChI is InChI=1S/C18H18Cl2N2O3/c1-11(12-6-7-13(19)14(20)10-12)21-17(23)15-4-2-8-22(15)18(24)16-5-3-9-25-16/h3,5-7,9-11,15H,2,4,8H2,1H3,(H,21,23). The van der Waals surface area contributed by atoms with E-state index in [0.29, 0.717) is 23.0 Å². The zero-order valence-electron chi connectivity index (χ0n) is 13.7. The van der Waals surface area contributed by atoms with E-state index < -0.39 is 6.04 Å². The number of nitrogens with one attached hydrogen (secondary N) is 1. The van der Waals surface area contributed by atoms with Gasteiger partial charge in [0.25, 0.3) is 5.91 Å². The first kappa shape index (κ1) is 17.8. The molecule has 1 aromatic heterocycles. The van der Waals surface area contributed by atoms with Crippen LogP contribution in [0.2, 0.25) is 10.0 Å². The van der Waals surface area contributed by atoms with Gasteiger partial charge in [0.05, 0.1) is 22.4 Å². The highest BCUT2D eigenvalue weighted by molar-refractivity contribution is 6.42. The number of hydrogen-bond acceptors (Lipinski definition) is 3. The van der Waals surface area contributed by atoms with Crippen molar-refractivity contribution in [3.8, 4) is 0 Å². The number of benzene rings is 1. The van der Waals surface area contributed by atoms with Gasteiger partial charge in [0.15, 0.2) is 5.76 Å². The third-order valence-electron chi connectivity index (χ3n) is 4.35. The Balaban J connectivity index is 1.69. The van der Waals surface area contributed by atoms with Crippen molar-refractivity contribution in [1.82, 2.24) is 10.2 Å². The minimum absolute atomic E-state index is 0.184. The van der Waals surface area contributed by atoms with Crippen molar-refractivity contribution in [1.29, 1.82) is 0 Å². The average molecular weight is 381 g/mol. The lowest BCUT2D eigenvalue weighted by Gasteiger charge is -2.25. The maximum atomic E-state index is 12.7. The Hall–Kier alpha value is -1.98. The largest absolute Gasteiger partial charge is 0.459 e. The molecule has 2 heterocycles. The minimum atomic E-state index is -0.497. The molecule has 132 valence electrons. The zero-order valence-corrected chi connectivity index (χ0v) is 15.2. The summed E-state index contributed by atoms with van der Waals surface area (Å²) >= 11 is 12.0. The first-order valence-electron chi connectivity index (χ1n) is 8.07. The molecule has 1 saturated heterocycles. The molecule has 25 heavy (non-hydrogen) atoms. The normalized spacial score (nSPS) is 18.2. The fraction of sp³-hybridized carbons (Fsp3) is 0.333. The molecule has 1 aliphatic rings. The number of furan rings is 1. The third kappa shape index (κ3) is 3.83. The second kappa shape index (κ2) is 7.50. The number of halogens is 2. The van der Waals surface area contributed by atoms with E-state index in [2.05, 4.69) is 5.32 Å². The predicted molar refractivity (Wildman–Crippen MR) is 95.8 cm³/mol. The van der Waals surface area contributed by atoms with Gasteiger partial charge >= 0.3 is 0 Å². The second-order valence-corrected chi connectivity index (χ2v) is 6.85. The molecule has 1 aromatic carbocycles. The smallest absolute Gasteiger partial charge is 0.290 e. The number of hydrogen-bond donors (Lipinski definition) is 1. The van der Waals surface area contributed by atoms with Crippen molar-refractivity contribution in [2.45, 2.75) is 31.8 Å². The van der Waals surface area contributed by atoms with Crippen molar-refractivity contribution in [2.24, 2.45) is 0 Å². The van der Waals surface area contributed by atoms with E-state index in [1.54, 1.807) is 29.2 Å². The van der Waals surface area contributed by atoms with Crippen molar-refractivity contribution in [2.75, 3.05) is 6.54 Å². The molecule has 0 aliphatic carbocycles. The molecule has 1 aliphatic heterocycles. The molecule has 0 saturated carbocycles. The molecule has 5 nitrogen and oxygen atoms in total. The Kier molecular flexibility index (Phi) is 5.35. The Labute approximate surface area is 155 Å². The molecule has 2 amide bonds. The van der Waals surface area contributed by atoms with Crippen LogP contribution in [0.5, 0.6) is 0 Å². The summed E-state index contributed by atoms with van der Waals surface area (Å²) in [6.45, 7) is 2.41. The maximum Gasteiger partial charge on any atom is 0.290 e. The van der Waals surface area contributed by atoms with Crippen LogP contribution in [0, 0.1) is 0 Å². The molecular weight excluding hydrogens is 363 g/mol. The van der Waals surface area contributed by atoms with E-state index in [4.69, 9.17) is 27.6 Å². The first-order chi connectivity index (χ1) is 12.0.